The van der Waals surface area contributed by atoms with Gasteiger partial charge < -0.3 is 20.3 Å². The molecular formula is C21H27N3O3. The number of aromatic amines is 1. The maximum absolute atomic E-state index is 13.1. The van der Waals surface area contributed by atoms with Crippen molar-refractivity contribution in [3.8, 4) is 0 Å². The van der Waals surface area contributed by atoms with Crippen LogP contribution in [0.25, 0.3) is 10.9 Å². The van der Waals surface area contributed by atoms with E-state index in [-0.39, 0.29) is 17.9 Å². The molecule has 2 aromatic rings. The average Bonchev–Trinajstić information content (AvgIpc) is 3.15. The molecule has 1 saturated heterocycles. The molecule has 4 rings (SSSR count). The molecule has 2 amide bonds. The number of aliphatic hydroxyl groups excluding tert-OH is 1. The number of benzene rings is 1. The minimum Gasteiger partial charge on any atom is -0.391 e. The van der Waals surface area contributed by atoms with Crippen LogP contribution in [0.1, 0.15) is 41.4 Å². The van der Waals surface area contributed by atoms with Gasteiger partial charge in [0.15, 0.2) is 0 Å². The van der Waals surface area contributed by atoms with Crippen LogP contribution >= 0.6 is 0 Å². The third-order valence-electron chi connectivity index (χ3n) is 6.37. The van der Waals surface area contributed by atoms with Gasteiger partial charge in [0.2, 0.25) is 5.91 Å². The van der Waals surface area contributed by atoms with Gasteiger partial charge in [-0.1, -0.05) is 0 Å². The predicted molar refractivity (Wildman–Crippen MR) is 104 cm³/mol. The second kappa shape index (κ2) is 6.68. The lowest BCUT2D eigenvalue weighted by Crippen LogP contribution is -2.48. The van der Waals surface area contributed by atoms with Crippen molar-refractivity contribution in [2.45, 2.75) is 45.8 Å². The van der Waals surface area contributed by atoms with Crippen LogP contribution in [0.3, 0.4) is 0 Å². The van der Waals surface area contributed by atoms with Crippen molar-refractivity contribution in [2.75, 3.05) is 13.1 Å². The minimum atomic E-state index is -0.535. The molecule has 0 unspecified atom stereocenters. The van der Waals surface area contributed by atoms with E-state index in [1.54, 1.807) is 0 Å². The van der Waals surface area contributed by atoms with E-state index in [1.165, 1.54) is 12.5 Å². The van der Waals surface area contributed by atoms with Gasteiger partial charge in [-0.05, 0) is 62.3 Å². The van der Waals surface area contributed by atoms with E-state index in [9.17, 15) is 14.7 Å². The summed E-state index contributed by atoms with van der Waals surface area (Å²) in [5.74, 6) is 0.562. The van der Waals surface area contributed by atoms with Crippen LogP contribution in [-0.2, 0) is 4.79 Å². The van der Waals surface area contributed by atoms with Gasteiger partial charge in [0, 0.05) is 42.2 Å². The monoisotopic (exact) mass is 369 g/mol. The molecule has 4 atom stereocenters. The van der Waals surface area contributed by atoms with Crippen LogP contribution in [0.5, 0.6) is 0 Å². The lowest BCUT2D eigenvalue weighted by atomic mass is 9.77. The standard InChI is InChI=1S/C21H27N3O3/c1-11-12(2)22-18-5-4-14(6-17(11)18)21(27)24-9-15-7-19(23-13(3)25)20(26)8-16(15)10-24/h4-6,15-16,19-20,22,26H,7-10H2,1-3H3,(H,23,25)/t15-,16+,19-,20-/m1/s1. The van der Waals surface area contributed by atoms with Gasteiger partial charge in [0.25, 0.3) is 5.91 Å². The van der Waals surface area contributed by atoms with Gasteiger partial charge >= 0.3 is 0 Å². The van der Waals surface area contributed by atoms with E-state index in [4.69, 9.17) is 0 Å². The lowest BCUT2D eigenvalue weighted by Gasteiger charge is -2.35. The first-order valence-corrected chi connectivity index (χ1v) is 9.67. The SMILES string of the molecule is CC(=O)N[C@@H]1C[C@@H]2CN(C(=O)c3ccc4[nH]c(C)c(C)c4c3)C[C@@H]2C[C@H]1O. The second-order valence-electron chi connectivity index (χ2n) is 8.21. The smallest absolute Gasteiger partial charge is 0.253 e. The number of H-pyrrole nitrogens is 1. The molecule has 6 nitrogen and oxygen atoms in total. The van der Waals surface area contributed by atoms with Crippen molar-refractivity contribution in [1.29, 1.82) is 0 Å². The Morgan fingerprint density at radius 3 is 2.59 bits per heavy atom. The van der Waals surface area contributed by atoms with Gasteiger partial charge in [-0.2, -0.15) is 0 Å². The third-order valence-corrected chi connectivity index (χ3v) is 6.37. The number of amides is 2. The zero-order valence-electron chi connectivity index (χ0n) is 16.1. The number of nitrogens with one attached hydrogen (secondary N) is 2. The highest BCUT2D eigenvalue weighted by Crippen LogP contribution is 2.37. The molecule has 144 valence electrons. The van der Waals surface area contributed by atoms with Gasteiger partial charge in [-0.15, -0.1) is 0 Å². The molecule has 0 radical (unpaired) electrons. The molecule has 6 heteroatoms. The van der Waals surface area contributed by atoms with Crippen molar-refractivity contribution in [3.63, 3.8) is 0 Å². The van der Waals surface area contributed by atoms with Crippen molar-refractivity contribution in [1.82, 2.24) is 15.2 Å². The Bertz CT molecular complexity index is 903. The Hall–Kier alpha value is -2.34. The topological polar surface area (TPSA) is 85.4 Å². The largest absolute Gasteiger partial charge is 0.391 e. The number of aryl methyl sites for hydroxylation is 2. The summed E-state index contributed by atoms with van der Waals surface area (Å²) < 4.78 is 0. The molecule has 27 heavy (non-hydrogen) atoms. The number of carbonyl (C=O) groups is 2. The molecule has 2 heterocycles. The maximum atomic E-state index is 13.1. The molecule has 1 aliphatic carbocycles. The zero-order valence-corrected chi connectivity index (χ0v) is 16.1. The molecule has 1 aromatic heterocycles. The van der Waals surface area contributed by atoms with Crippen LogP contribution in [0.15, 0.2) is 18.2 Å². The Morgan fingerprint density at radius 2 is 1.89 bits per heavy atom. The van der Waals surface area contributed by atoms with E-state index in [0.717, 1.165) is 23.0 Å². The van der Waals surface area contributed by atoms with Gasteiger partial charge in [-0.3, -0.25) is 9.59 Å². The van der Waals surface area contributed by atoms with E-state index >= 15 is 0 Å². The number of hydrogen-bond acceptors (Lipinski definition) is 3. The Kier molecular flexibility index (Phi) is 4.46. The van der Waals surface area contributed by atoms with Gasteiger partial charge in [0.1, 0.15) is 0 Å². The van der Waals surface area contributed by atoms with Gasteiger partial charge in [-0.25, -0.2) is 0 Å². The number of aliphatic hydroxyl groups is 1. The summed E-state index contributed by atoms with van der Waals surface area (Å²) in [6.07, 6.45) is 0.825. The number of carbonyl (C=O) groups excluding carboxylic acids is 2. The number of nitrogens with zero attached hydrogens (tertiary/aromatic N) is 1. The molecule has 1 aromatic carbocycles. The summed E-state index contributed by atoms with van der Waals surface area (Å²) in [4.78, 5) is 29.7. The molecule has 1 saturated carbocycles. The van der Waals surface area contributed by atoms with E-state index < -0.39 is 6.10 Å². The van der Waals surface area contributed by atoms with E-state index in [1.807, 2.05) is 30.0 Å². The molecule has 1 aliphatic heterocycles. The maximum Gasteiger partial charge on any atom is 0.253 e. The third kappa shape index (κ3) is 3.23. The van der Waals surface area contributed by atoms with Crippen LogP contribution in [0.4, 0.5) is 0 Å². The summed E-state index contributed by atoms with van der Waals surface area (Å²) in [7, 11) is 0. The van der Waals surface area contributed by atoms with E-state index in [0.29, 0.717) is 36.9 Å². The van der Waals surface area contributed by atoms with E-state index in [2.05, 4.69) is 17.2 Å². The van der Waals surface area contributed by atoms with Crippen LogP contribution < -0.4 is 5.32 Å². The minimum absolute atomic E-state index is 0.0510. The molecular weight excluding hydrogens is 342 g/mol. The first kappa shape index (κ1) is 18.0. The van der Waals surface area contributed by atoms with Crippen LogP contribution in [0.2, 0.25) is 0 Å². The fourth-order valence-corrected chi connectivity index (χ4v) is 4.79. The first-order chi connectivity index (χ1) is 12.8. The number of fused-ring (bicyclic) bond motifs is 2. The fourth-order valence-electron chi connectivity index (χ4n) is 4.79. The summed E-state index contributed by atoms with van der Waals surface area (Å²) in [6, 6.07) is 5.63. The van der Waals surface area contributed by atoms with Gasteiger partial charge in [0.05, 0.1) is 12.1 Å². The Labute approximate surface area is 158 Å². The van der Waals surface area contributed by atoms with Crippen molar-refractivity contribution in [2.24, 2.45) is 11.8 Å². The average molecular weight is 369 g/mol. The van der Waals surface area contributed by atoms with Crippen LogP contribution in [-0.4, -0.2) is 52.0 Å². The zero-order chi connectivity index (χ0) is 19.3. The first-order valence-electron chi connectivity index (χ1n) is 9.67. The predicted octanol–water partition coefficient (Wildman–Crippen LogP) is 2.13. The highest BCUT2D eigenvalue weighted by molar-refractivity contribution is 5.99. The summed E-state index contributed by atoms with van der Waals surface area (Å²) in [5.41, 5.74) is 4.07. The Morgan fingerprint density at radius 1 is 1.19 bits per heavy atom. The van der Waals surface area contributed by atoms with Crippen molar-refractivity contribution < 1.29 is 14.7 Å². The molecule has 0 bridgehead atoms. The van der Waals surface area contributed by atoms with Crippen molar-refractivity contribution >= 4 is 22.7 Å². The van der Waals surface area contributed by atoms with Crippen molar-refractivity contribution in [3.05, 3.63) is 35.0 Å². The highest BCUT2D eigenvalue weighted by Gasteiger charge is 2.43. The normalized spacial score (nSPS) is 27.6. The number of likely N-dealkylation sites (tertiary alicyclic amines) is 1. The lowest BCUT2D eigenvalue weighted by molar-refractivity contribution is -0.121. The molecule has 2 fully saturated rings. The number of rotatable bonds is 2. The Balaban J connectivity index is 1.51. The molecule has 0 spiro atoms. The highest BCUT2D eigenvalue weighted by atomic mass is 16.3. The molecule has 3 N–H and O–H groups in total. The quantitative estimate of drug-likeness (QED) is 0.758. The van der Waals surface area contributed by atoms with Crippen LogP contribution in [0, 0.1) is 25.7 Å². The number of aromatic nitrogens is 1. The molecule has 2 aliphatic rings. The summed E-state index contributed by atoms with van der Waals surface area (Å²) in [5, 5.41) is 14.3. The number of hydrogen-bond donors (Lipinski definition) is 3. The second-order valence-corrected chi connectivity index (χ2v) is 8.21. The summed E-state index contributed by atoms with van der Waals surface area (Å²) >= 11 is 0. The summed E-state index contributed by atoms with van der Waals surface area (Å²) in [6.45, 7) is 6.95. The fraction of sp³-hybridized carbons (Fsp3) is 0.524.